The number of nitrogens with zero attached hydrogens (tertiary/aromatic N) is 1. The van der Waals surface area contributed by atoms with Crippen LogP contribution < -0.4 is 14.9 Å². The van der Waals surface area contributed by atoms with Crippen LogP contribution in [0.2, 0.25) is 0 Å². The van der Waals surface area contributed by atoms with Gasteiger partial charge in [0.05, 0.1) is 5.69 Å². The Balaban J connectivity index is 1.90. The van der Waals surface area contributed by atoms with Crippen LogP contribution in [0.15, 0.2) is 47.4 Å². The van der Waals surface area contributed by atoms with Crippen molar-refractivity contribution in [2.45, 2.75) is 11.8 Å². The number of carbonyl (C=O) groups is 1. The normalized spacial score (nSPS) is 14.5. The zero-order valence-corrected chi connectivity index (χ0v) is 13.8. The highest BCUT2D eigenvalue weighted by molar-refractivity contribution is 7.92. The molecule has 126 valence electrons. The van der Waals surface area contributed by atoms with Gasteiger partial charge in [-0.1, -0.05) is 12.1 Å². The van der Waals surface area contributed by atoms with Crippen molar-refractivity contribution in [1.29, 1.82) is 0 Å². The number of carbonyl (C=O) groups excluding carboxylic acids is 1. The average molecular weight is 347 g/mol. The fraction of sp³-hybridized carbons (Fsp3) is 0.188. The summed E-state index contributed by atoms with van der Waals surface area (Å²) in [5.74, 6) is -0.317. The average Bonchev–Trinajstić information content (AvgIpc) is 2.95. The Morgan fingerprint density at radius 2 is 2.00 bits per heavy atom. The van der Waals surface area contributed by atoms with Crippen molar-refractivity contribution < 1.29 is 18.3 Å². The summed E-state index contributed by atoms with van der Waals surface area (Å²) in [5, 5.41) is 12.5. The van der Waals surface area contributed by atoms with Crippen LogP contribution in [0, 0.1) is 6.92 Å². The number of hydrogen-bond acceptors (Lipinski definition) is 4. The number of urea groups is 1. The van der Waals surface area contributed by atoms with Gasteiger partial charge < -0.3 is 10.4 Å². The minimum atomic E-state index is -3.94. The maximum atomic E-state index is 12.5. The van der Waals surface area contributed by atoms with Gasteiger partial charge in [0.2, 0.25) is 0 Å². The molecule has 0 aromatic heterocycles. The summed E-state index contributed by atoms with van der Waals surface area (Å²) in [6, 6.07) is 10.7. The lowest BCUT2D eigenvalue weighted by atomic mass is 10.2. The van der Waals surface area contributed by atoms with Crippen molar-refractivity contribution in [2.75, 3.05) is 22.7 Å². The van der Waals surface area contributed by atoms with Crippen LogP contribution in [-0.4, -0.2) is 32.6 Å². The molecule has 2 aromatic carbocycles. The van der Waals surface area contributed by atoms with E-state index in [0.29, 0.717) is 24.5 Å². The molecule has 1 heterocycles. The minimum Gasteiger partial charge on any atom is -0.507 e. The minimum absolute atomic E-state index is 0.188. The molecule has 0 radical (unpaired) electrons. The number of phenolic OH excluding ortho intramolecular Hbond substituents is 1. The summed E-state index contributed by atoms with van der Waals surface area (Å²) < 4.78 is 27.5. The van der Waals surface area contributed by atoms with Crippen molar-refractivity contribution in [3.8, 4) is 5.75 Å². The van der Waals surface area contributed by atoms with Gasteiger partial charge in [0, 0.05) is 18.8 Å². The zero-order chi connectivity index (χ0) is 17.3. The highest BCUT2D eigenvalue weighted by atomic mass is 32.2. The summed E-state index contributed by atoms with van der Waals surface area (Å²) in [6.07, 6.45) is 0. The van der Waals surface area contributed by atoms with Crippen molar-refractivity contribution >= 4 is 27.4 Å². The summed E-state index contributed by atoms with van der Waals surface area (Å²) in [7, 11) is -3.94. The van der Waals surface area contributed by atoms with E-state index in [2.05, 4.69) is 10.0 Å². The van der Waals surface area contributed by atoms with E-state index in [-0.39, 0.29) is 16.7 Å². The smallest absolute Gasteiger partial charge is 0.321 e. The van der Waals surface area contributed by atoms with Crippen LogP contribution in [0.4, 0.5) is 16.2 Å². The third kappa shape index (κ3) is 3.13. The van der Waals surface area contributed by atoms with E-state index in [1.165, 1.54) is 17.0 Å². The largest absolute Gasteiger partial charge is 0.507 e. The van der Waals surface area contributed by atoms with Gasteiger partial charge in [-0.2, -0.15) is 0 Å². The second kappa shape index (κ2) is 6.04. The van der Waals surface area contributed by atoms with Gasteiger partial charge in [0.25, 0.3) is 10.0 Å². The van der Waals surface area contributed by atoms with Gasteiger partial charge in [-0.25, -0.2) is 13.2 Å². The first-order valence-corrected chi connectivity index (χ1v) is 8.83. The number of aryl methyl sites for hydroxylation is 1. The van der Waals surface area contributed by atoms with Crippen LogP contribution in [0.25, 0.3) is 0 Å². The van der Waals surface area contributed by atoms with Gasteiger partial charge in [-0.15, -0.1) is 0 Å². The third-order valence-corrected chi connectivity index (χ3v) is 5.08. The highest BCUT2D eigenvalue weighted by Crippen LogP contribution is 2.27. The topological polar surface area (TPSA) is 98.7 Å². The van der Waals surface area contributed by atoms with E-state index in [9.17, 15) is 18.3 Å². The van der Waals surface area contributed by atoms with E-state index in [1.54, 1.807) is 37.3 Å². The molecule has 24 heavy (non-hydrogen) atoms. The summed E-state index contributed by atoms with van der Waals surface area (Å²) in [4.78, 5) is 13.1. The number of benzene rings is 2. The van der Waals surface area contributed by atoms with Crippen LogP contribution in [0.5, 0.6) is 5.75 Å². The van der Waals surface area contributed by atoms with E-state index in [1.807, 2.05) is 0 Å². The number of sulfonamides is 1. The molecule has 0 spiro atoms. The molecule has 0 saturated carbocycles. The van der Waals surface area contributed by atoms with Crippen molar-refractivity contribution in [3.05, 3.63) is 48.0 Å². The van der Waals surface area contributed by atoms with E-state index < -0.39 is 10.0 Å². The van der Waals surface area contributed by atoms with Gasteiger partial charge in [0.1, 0.15) is 10.6 Å². The summed E-state index contributed by atoms with van der Waals surface area (Å²) in [5.41, 5.74) is 1.63. The van der Waals surface area contributed by atoms with Gasteiger partial charge >= 0.3 is 6.03 Å². The first kappa shape index (κ1) is 16.1. The molecule has 7 nitrogen and oxygen atoms in total. The summed E-state index contributed by atoms with van der Waals surface area (Å²) in [6.45, 7) is 2.81. The molecular weight excluding hydrogens is 330 g/mol. The van der Waals surface area contributed by atoms with Crippen molar-refractivity contribution in [2.24, 2.45) is 0 Å². The number of anilines is 2. The molecule has 2 aromatic rings. The first-order chi connectivity index (χ1) is 11.4. The molecule has 0 atom stereocenters. The van der Waals surface area contributed by atoms with Crippen LogP contribution in [0.3, 0.4) is 0 Å². The molecule has 8 heteroatoms. The third-order valence-electron chi connectivity index (χ3n) is 3.67. The van der Waals surface area contributed by atoms with Gasteiger partial charge in [-0.05, 0) is 42.8 Å². The summed E-state index contributed by atoms with van der Waals surface area (Å²) >= 11 is 0. The number of hydrogen-bond donors (Lipinski definition) is 3. The van der Waals surface area contributed by atoms with Crippen molar-refractivity contribution in [3.63, 3.8) is 0 Å². The van der Waals surface area contributed by atoms with Gasteiger partial charge in [0.15, 0.2) is 0 Å². The maximum Gasteiger partial charge on any atom is 0.321 e. The number of amides is 2. The molecule has 1 saturated heterocycles. The number of nitrogens with one attached hydrogen (secondary N) is 2. The molecule has 1 aliphatic heterocycles. The predicted octanol–water partition coefficient (Wildman–Crippen LogP) is 2.03. The first-order valence-electron chi connectivity index (χ1n) is 7.35. The number of phenols is 1. The second-order valence-electron chi connectivity index (χ2n) is 5.51. The Labute approximate surface area is 140 Å². The van der Waals surface area contributed by atoms with E-state index >= 15 is 0 Å². The Morgan fingerprint density at radius 1 is 1.21 bits per heavy atom. The maximum absolute atomic E-state index is 12.5. The Bertz CT molecular complexity index is 896. The Morgan fingerprint density at radius 3 is 2.71 bits per heavy atom. The SMILES string of the molecule is Cc1ccc(O)c(S(=O)(=O)Nc2cccc(N3CCNC3=O)c2)c1. The molecule has 0 aliphatic carbocycles. The molecule has 1 aliphatic rings. The predicted molar refractivity (Wildman–Crippen MR) is 90.8 cm³/mol. The Kier molecular flexibility index (Phi) is 4.06. The van der Waals surface area contributed by atoms with Gasteiger partial charge in [-0.3, -0.25) is 9.62 Å². The van der Waals surface area contributed by atoms with E-state index in [4.69, 9.17) is 0 Å². The fourth-order valence-corrected chi connectivity index (χ4v) is 3.73. The second-order valence-corrected chi connectivity index (χ2v) is 7.16. The molecule has 2 amide bonds. The van der Waals surface area contributed by atoms with E-state index in [0.717, 1.165) is 5.56 Å². The lowest BCUT2D eigenvalue weighted by Crippen LogP contribution is -2.27. The highest BCUT2D eigenvalue weighted by Gasteiger charge is 2.23. The Hall–Kier alpha value is -2.74. The quantitative estimate of drug-likeness (QED) is 0.788. The fourth-order valence-electron chi connectivity index (χ4n) is 2.50. The number of aromatic hydroxyl groups is 1. The lowest BCUT2D eigenvalue weighted by Gasteiger charge is -2.16. The molecule has 1 fully saturated rings. The molecule has 0 unspecified atom stereocenters. The molecule has 3 N–H and O–H groups in total. The zero-order valence-electron chi connectivity index (χ0n) is 13.0. The molecule has 0 bridgehead atoms. The van der Waals surface area contributed by atoms with Crippen molar-refractivity contribution in [1.82, 2.24) is 5.32 Å². The number of rotatable bonds is 4. The lowest BCUT2D eigenvalue weighted by molar-refractivity contribution is 0.252. The standard InChI is InChI=1S/C16H17N3O4S/c1-11-5-6-14(20)15(9-11)24(22,23)18-12-3-2-4-13(10-12)19-8-7-17-16(19)21/h2-6,9-10,18,20H,7-8H2,1H3,(H,17,21). The van der Waals surface area contributed by atoms with Crippen LogP contribution in [-0.2, 0) is 10.0 Å². The molecular formula is C16H17N3O4S. The van der Waals surface area contributed by atoms with Crippen LogP contribution >= 0.6 is 0 Å². The monoisotopic (exact) mass is 347 g/mol. The molecule has 3 rings (SSSR count). The van der Waals surface area contributed by atoms with Crippen LogP contribution in [0.1, 0.15) is 5.56 Å².